The maximum Gasteiger partial charge on any atom is 0.407 e. The van der Waals surface area contributed by atoms with Gasteiger partial charge in [0.05, 0.1) is 0 Å². The summed E-state index contributed by atoms with van der Waals surface area (Å²) < 4.78 is 5.17. The third kappa shape index (κ3) is 5.95. The van der Waals surface area contributed by atoms with Crippen molar-refractivity contribution >= 4 is 6.09 Å². The molecule has 0 aromatic heterocycles. The largest absolute Gasteiger partial charge is 0.444 e. The van der Waals surface area contributed by atoms with E-state index in [9.17, 15) is 4.79 Å². The molecule has 1 aliphatic rings. The lowest BCUT2D eigenvalue weighted by molar-refractivity contribution is 0.0499. The molecule has 16 heavy (non-hydrogen) atoms. The summed E-state index contributed by atoms with van der Waals surface area (Å²) in [4.78, 5) is 11.4. The number of hydrogen-bond acceptors (Lipinski definition) is 3. The molecule has 1 aliphatic heterocycles. The van der Waals surface area contributed by atoms with Crippen molar-refractivity contribution < 1.29 is 9.53 Å². The van der Waals surface area contributed by atoms with Gasteiger partial charge in [0.2, 0.25) is 0 Å². The van der Waals surface area contributed by atoms with Gasteiger partial charge in [0.25, 0.3) is 0 Å². The molecule has 96 valence electrons. The second-order valence-electron chi connectivity index (χ2n) is 4.89. The molecule has 1 fully saturated rings. The van der Waals surface area contributed by atoms with Gasteiger partial charge in [0.15, 0.2) is 0 Å². The van der Waals surface area contributed by atoms with Crippen LogP contribution >= 0.6 is 0 Å². The Morgan fingerprint density at radius 2 is 1.88 bits per heavy atom. The minimum atomic E-state index is -0.417. The molecule has 1 heterocycles. The lowest BCUT2D eigenvalue weighted by Gasteiger charge is -2.22. The van der Waals surface area contributed by atoms with Gasteiger partial charge in [-0.2, -0.15) is 0 Å². The number of carbonyl (C=O) groups excluding carboxylic acids is 1. The fourth-order valence-electron chi connectivity index (χ4n) is 1.46. The van der Waals surface area contributed by atoms with E-state index in [-0.39, 0.29) is 12.1 Å². The predicted octanol–water partition coefficient (Wildman–Crippen LogP) is 2.15. The van der Waals surface area contributed by atoms with Crippen LogP contribution < -0.4 is 10.6 Å². The van der Waals surface area contributed by atoms with Crippen molar-refractivity contribution in [1.29, 1.82) is 0 Å². The highest BCUT2D eigenvalue weighted by Crippen LogP contribution is 2.10. The van der Waals surface area contributed by atoms with Crippen molar-refractivity contribution in [2.24, 2.45) is 5.92 Å². The second kappa shape index (κ2) is 6.74. The van der Waals surface area contributed by atoms with Crippen LogP contribution in [0.4, 0.5) is 4.79 Å². The van der Waals surface area contributed by atoms with Gasteiger partial charge in [-0.05, 0) is 33.2 Å². The van der Waals surface area contributed by atoms with E-state index in [0.717, 1.165) is 13.1 Å². The van der Waals surface area contributed by atoms with Crippen LogP contribution in [-0.4, -0.2) is 30.8 Å². The molecule has 0 radical (unpaired) electrons. The number of carbonyl (C=O) groups is 1. The number of amides is 1. The standard InChI is InChI=1S/C10H20N2O2.C2H6/c1-7-5-11-6-8(7)12-9(13)14-10(2,3)4;1-2/h7-8,11H,5-6H2,1-4H3,(H,12,13);1-2H3. The van der Waals surface area contributed by atoms with E-state index < -0.39 is 5.60 Å². The van der Waals surface area contributed by atoms with E-state index in [1.165, 1.54) is 0 Å². The molecule has 2 unspecified atom stereocenters. The van der Waals surface area contributed by atoms with Gasteiger partial charge in [0.1, 0.15) is 5.60 Å². The Balaban J connectivity index is 0.00000106. The van der Waals surface area contributed by atoms with Crippen LogP contribution in [-0.2, 0) is 4.74 Å². The zero-order valence-corrected chi connectivity index (χ0v) is 11.4. The van der Waals surface area contributed by atoms with Gasteiger partial charge < -0.3 is 15.4 Å². The maximum absolute atomic E-state index is 11.4. The minimum Gasteiger partial charge on any atom is -0.444 e. The van der Waals surface area contributed by atoms with E-state index in [1.807, 2.05) is 34.6 Å². The third-order valence-corrected chi connectivity index (χ3v) is 2.22. The predicted molar refractivity (Wildman–Crippen MR) is 66.5 cm³/mol. The van der Waals surface area contributed by atoms with Gasteiger partial charge in [-0.25, -0.2) is 4.79 Å². The molecule has 0 spiro atoms. The van der Waals surface area contributed by atoms with E-state index in [4.69, 9.17) is 4.74 Å². The van der Waals surface area contributed by atoms with Crippen LogP contribution in [0, 0.1) is 5.92 Å². The number of alkyl carbamates (subject to hydrolysis) is 1. The highest BCUT2D eigenvalue weighted by molar-refractivity contribution is 5.68. The monoisotopic (exact) mass is 230 g/mol. The summed E-state index contributed by atoms with van der Waals surface area (Å²) in [6.07, 6.45) is -0.321. The highest BCUT2D eigenvalue weighted by atomic mass is 16.6. The van der Waals surface area contributed by atoms with E-state index in [1.54, 1.807) is 0 Å². The van der Waals surface area contributed by atoms with E-state index >= 15 is 0 Å². The summed E-state index contributed by atoms with van der Waals surface area (Å²) >= 11 is 0. The Morgan fingerprint density at radius 3 is 2.25 bits per heavy atom. The summed E-state index contributed by atoms with van der Waals surface area (Å²) in [5.41, 5.74) is -0.417. The first kappa shape index (κ1) is 15.2. The Kier molecular flexibility index (Phi) is 6.41. The van der Waals surface area contributed by atoms with Crippen LogP contribution in [0.3, 0.4) is 0 Å². The van der Waals surface area contributed by atoms with Gasteiger partial charge >= 0.3 is 6.09 Å². The first-order valence-electron chi connectivity index (χ1n) is 6.09. The van der Waals surface area contributed by atoms with Crippen molar-refractivity contribution in [2.45, 2.75) is 53.2 Å². The first-order valence-corrected chi connectivity index (χ1v) is 6.09. The van der Waals surface area contributed by atoms with Crippen molar-refractivity contribution in [3.63, 3.8) is 0 Å². The Morgan fingerprint density at radius 1 is 1.31 bits per heavy atom. The van der Waals surface area contributed by atoms with Gasteiger partial charge in [-0.3, -0.25) is 0 Å². The highest BCUT2D eigenvalue weighted by Gasteiger charge is 2.26. The van der Waals surface area contributed by atoms with Crippen molar-refractivity contribution in [2.75, 3.05) is 13.1 Å². The summed E-state index contributed by atoms with van der Waals surface area (Å²) in [5.74, 6) is 0.475. The van der Waals surface area contributed by atoms with Gasteiger partial charge in [0, 0.05) is 12.6 Å². The van der Waals surface area contributed by atoms with Crippen LogP contribution in [0.25, 0.3) is 0 Å². The molecule has 2 N–H and O–H groups in total. The molecule has 1 rings (SSSR count). The Bertz CT molecular complexity index is 212. The van der Waals surface area contributed by atoms with Crippen molar-refractivity contribution in [3.05, 3.63) is 0 Å². The molecule has 1 saturated heterocycles. The van der Waals surface area contributed by atoms with Crippen molar-refractivity contribution in [3.8, 4) is 0 Å². The Hall–Kier alpha value is -0.770. The average molecular weight is 230 g/mol. The third-order valence-electron chi connectivity index (χ3n) is 2.22. The van der Waals surface area contributed by atoms with Gasteiger partial charge in [-0.1, -0.05) is 20.8 Å². The normalized spacial score (nSPS) is 24.4. The zero-order chi connectivity index (χ0) is 12.8. The summed E-state index contributed by atoms with van der Waals surface area (Å²) in [6, 6.07) is 0.199. The zero-order valence-electron chi connectivity index (χ0n) is 11.4. The summed E-state index contributed by atoms with van der Waals surface area (Å²) in [7, 11) is 0. The minimum absolute atomic E-state index is 0.199. The summed E-state index contributed by atoms with van der Waals surface area (Å²) in [5, 5.41) is 6.08. The molecule has 0 aliphatic carbocycles. The molecular formula is C12H26N2O2. The number of hydrogen-bond donors (Lipinski definition) is 2. The molecule has 4 nitrogen and oxygen atoms in total. The van der Waals surface area contributed by atoms with Crippen LogP contribution in [0.2, 0.25) is 0 Å². The fourth-order valence-corrected chi connectivity index (χ4v) is 1.46. The molecule has 0 saturated carbocycles. The fraction of sp³-hybridized carbons (Fsp3) is 0.917. The number of rotatable bonds is 1. The molecular weight excluding hydrogens is 204 g/mol. The van der Waals surface area contributed by atoms with Crippen LogP contribution in [0.1, 0.15) is 41.5 Å². The average Bonchev–Trinajstić information content (AvgIpc) is 2.52. The molecule has 2 atom stereocenters. The van der Waals surface area contributed by atoms with E-state index in [0.29, 0.717) is 5.92 Å². The van der Waals surface area contributed by atoms with Crippen LogP contribution in [0.5, 0.6) is 0 Å². The second-order valence-corrected chi connectivity index (χ2v) is 4.89. The lowest BCUT2D eigenvalue weighted by Crippen LogP contribution is -2.42. The first-order chi connectivity index (χ1) is 7.38. The van der Waals surface area contributed by atoms with Gasteiger partial charge in [-0.15, -0.1) is 0 Å². The number of nitrogens with one attached hydrogen (secondary N) is 2. The quantitative estimate of drug-likeness (QED) is 0.725. The molecule has 0 bridgehead atoms. The van der Waals surface area contributed by atoms with Crippen molar-refractivity contribution in [1.82, 2.24) is 10.6 Å². The summed E-state index contributed by atoms with van der Waals surface area (Å²) in [6.45, 7) is 13.5. The smallest absolute Gasteiger partial charge is 0.407 e. The lowest BCUT2D eigenvalue weighted by atomic mass is 10.1. The molecule has 1 amide bonds. The SMILES string of the molecule is CC.CC1CNCC1NC(=O)OC(C)(C)C. The Labute approximate surface area is 99.1 Å². The molecule has 0 aromatic rings. The molecule has 4 heteroatoms. The number of ether oxygens (including phenoxy) is 1. The molecule has 0 aromatic carbocycles. The topological polar surface area (TPSA) is 50.4 Å². The van der Waals surface area contributed by atoms with Crippen LogP contribution in [0.15, 0.2) is 0 Å². The maximum atomic E-state index is 11.4. The van der Waals surface area contributed by atoms with E-state index in [2.05, 4.69) is 17.6 Å².